The first-order valence-electron chi connectivity index (χ1n) is 8.52. The molecule has 0 bridgehead atoms. The Morgan fingerprint density at radius 2 is 1.93 bits per heavy atom. The first-order valence-corrected chi connectivity index (χ1v) is 9.33. The van der Waals surface area contributed by atoms with Gasteiger partial charge in [-0.15, -0.1) is 0 Å². The minimum atomic E-state index is -0.634. The zero-order valence-corrected chi connectivity index (χ0v) is 16.1. The molecule has 0 radical (unpaired) electrons. The van der Waals surface area contributed by atoms with Gasteiger partial charge in [-0.05, 0) is 42.8 Å². The van der Waals surface area contributed by atoms with Crippen molar-refractivity contribution in [1.82, 2.24) is 0 Å². The Morgan fingerprint density at radius 1 is 1.18 bits per heavy atom. The zero-order chi connectivity index (χ0) is 19.7. The molecule has 2 aliphatic rings. The number of benzene rings is 2. The molecule has 6 nitrogen and oxygen atoms in total. The average Bonchev–Trinajstić information content (AvgIpc) is 3.27. The number of hydrogen-bond donors (Lipinski definition) is 1. The van der Waals surface area contributed by atoms with Gasteiger partial charge in [0.15, 0.2) is 11.5 Å². The number of carbonyl (C=O) groups excluding carboxylic acids is 1. The summed E-state index contributed by atoms with van der Waals surface area (Å²) in [7, 11) is 1.27. The van der Waals surface area contributed by atoms with Gasteiger partial charge < -0.3 is 19.3 Å². The molecule has 0 aromatic heterocycles. The van der Waals surface area contributed by atoms with Crippen LogP contribution in [0.15, 0.2) is 63.7 Å². The SMILES string of the molecule is COC(=O)C1=C(O)/C(=C\c2ccc3c(c2)OCO3)SC1=Nc1ccc(C)cc1. The summed E-state index contributed by atoms with van der Waals surface area (Å²) in [6.45, 7) is 2.17. The number of aliphatic hydroxyl groups is 1. The molecule has 4 rings (SSSR count). The van der Waals surface area contributed by atoms with E-state index in [0.717, 1.165) is 11.1 Å². The zero-order valence-electron chi connectivity index (χ0n) is 15.3. The van der Waals surface area contributed by atoms with E-state index in [-0.39, 0.29) is 18.1 Å². The van der Waals surface area contributed by atoms with Crippen LogP contribution >= 0.6 is 11.8 Å². The second-order valence-corrected chi connectivity index (χ2v) is 7.22. The monoisotopic (exact) mass is 395 g/mol. The summed E-state index contributed by atoms with van der Waals surface area (Å²) in [5.41, 5.74) is 2.66. The molecular formula is C21H17NO5S. The van der Waals surface area contributed by atoms with Crippen LogP contribution in [0, 0.1) is 6.92 Å². The Bertz CT molecular complexity index is 1040. The second-order valence-electron chi connectivity index (χ2n) is 6.19. The van der Waals surface area contributed by atoms with Gasteiger partial charge in [0, 0.05) is 0 Å². The van der Waals surface area contributed by atoms with Gasteiger partial charge in [-0.25, -0.2) is 9.79 Å². The predicted molar refractivity (Wildman–Crippen MR) is 108 cm³/mol. The molecule has 0 unspecified atom stereocenters. The molecule has 0 saturated heterocycles. The number of fused-ring (bicyclic) bond motifs is 1. The van der Waals surface area contributed by atoms with E-state index in [4.69, 9.17) is 14.2 Å². The molecule has 0 spiro atoms. The third-order valence-corrected chi connectivity index (χ3v) is 5.26. The molecule has 2 heterocycles. The fourth-order valence-corrected chi connectivity index (χ4v) is 3.82. The number of hydrogen-bond acceptors (Lipinski definition) is 7. The number of carbonyl (C=O) groups is 1. The van der Waals surface area contributed by atoms with Gasteiger partial charge in [0.2, 0.25) is 6.79 Å². The molecule has 0 fully saturated rings. The van der Waals surface area contributed by atoms with Crippen molar-refractivity contribution in [1.29, 1.82) is 0 Å². The van der Waals surface area contributed by atoms with Crippen LogP contribution in [0.4, 0.5) is 5.69 Å². The molecule has 0 aliphatic carbocycles. The maximum Gasteiger partial charge on any atom is 0.344 e. The van der Waals surface area contributed by atoms with Crippen LogP contribution in [-0.4, -0.2) is 30.0 Å². The molecule has 0 saturated carbocycles. The maximum atomic E-state index is 12.2. The third-order valence-electron chi connectivity index (χ3n) is 4.24. The minimum absolute atomic E-state index is 0.0556. The number of aliphatic imine (C=N–C) groups is 1. The average molecular weight is 395 g/mol. The highest BCUT2D eigenvalue weighted by atomic mass is 32.2. The number of nitrogens with zero attached hydrogens (tertiary/aromatic N) is 1. The smallest absolute Gasteiger partial charge is 0.344 e. The van der Waals surface area contributed by atoms with Crippen LogP contribution in [0.25, 0.3) is 6.08 Å². The third kappa shape index (κ3) is 3.48. The Labute approximate surface area is 166 Å². The second kappa shape index (κ2) is 7.44. The number of aryl methyl sites for hydroxylation is 1. The van der Waals surface area contributed by atoms with E-state index in [2.05, 4.69) is 4.99 Å². The molecule has 1 N–H and O–H groups in total. The van der Waals surface area contributed by atoms with Crippen LogP contribution in [0.2, 0.25) is 0 Å². The Morgan fingerprint density at radius 3 is 2.68 bits per heavy atom. The summed E-state index contributed by atoms with van der Waals surface area (Å²) in [4.78, 5) is 17.3. The summed E-state index contributed by atoms with van der Waals surface area (Å²) in [6.07, 6.45) is 1.77. The number of rotatable bonds is 3. The van der Waals surface area contributed by atoms with Crippen molar-refractivity contribution in [2.45, 2.75) is 6.92 Å². The molecule has 2 aliphatic heterocycles. The van der Waals surface area contributed by atoms with Crippen LogP contribution in [-0.2, 0) is 9.53 Å². The Kier molecular flexibility index (Phi) is 4.83. The van der Waals surface area contributed by atoms with Gasteiger partial charge in [-0.2, -0.15) is 0 Å². The lowest BCUT2D eigenvalue weighted by molar-refractivity contribution is -0.135. The molecular weight excluding hydrogens is 378 g/mol. The summed E-state index contributed by atoms with van der Waals surface area (Å²) in [5.74, 6) is 0.533. The Hall–Kier alpha value is -3.19. The lowest BCUT2D eigenvalue weighted by atomic mass is 10.1. The fraction of sp³-hybridized carbons (Fsp3) is 0.143. The number of thioether (sulfide) groups is 1. The largest absolute Gasteiger partial charge is 0.506 e. The van der Waals surface area contributed by atoms with E-state index in [0.29, 0.717) is 27.1 Å². The van der Waals surface area contributed by atoms with Gasteiger partial charge in [0.25, 0.3) is 0 Å². The molecule has 0 atom stereocenters. The summed E-state index contributed by atoms with van der Waals surface area (Å²) >= 11 is 1.21. The van der Waals surface area contributed by atoms with Crippen molar-refractivity contribution in [2.24, 2.45) is 4.99 Å². The van der Waals surface area contributed by atoms with Crippen molar-refractivity contribution in [2.75, 3.05) is 13.9 Å². The summed E-state index contributed by atoms with van der Waals surface area (Å²) < 4.78 is 15.5. The fourth-order valence-electron chi connectivity index (χ4n) is 2.78. The summed E-state index contributed by atoms with van der Waals surface area (Å²) in [6, 6.07) is 13.0. The topological polar surface area (TPSA) is 77.4 Å². The van der Waals surface area contributed by atoms with Crippen molar-refractivity contribution in [3.8, 4) is 11.5 Å². The van der Waals surface area contributed by atoms with Crippen molar-refractivity contribution < 1.29 is 24.1 Å². The number of aliphatic hydroxyl groups excluding tert-OH is 1. The molecule has 0 amide bonds. The molecule has 28 heavy (non-hydrogen) atoms. The molecule has 2 aromatic rings. The predicted octanol–water partition coefficient (Wildman–Crippen LogP) is 4.53. The van der Waals surface area contributed by atoms with Gasteiger partial charge in [-0.1, -0.05) is 35.5 Å². The van der Waals surface area contributed by atoms with Gasteiger partial charge in [0.1, 0.15) is 16.4 Å². The molecule has 142 valence electrons. The van der Waals surface area contributed by atoms with Gasteiger partial charge in [0.05, 0.1) is 17.7 Å². The highest BCUT2D eigenvalue weighted by molar-refractivity contribution is 8.18. The van der Waals surface area contributed by atoms with Gasteiger partial charge in [-0.3, -0.25) is 0 Å². The first-order chi connectivity index (χ1) is 13.5. The summed E-state index contributed by atoms with van der Waals surface area (Å²) in [5, 5.41) is 11.0. The molecule has 7 heteroatoms. The lowest BCUT2D eigenvalue weighted by Gasteiger charge is -2.02. The lowest BCUT2D eigenvalue weighted by Crippen LogP contribution is -2.10. The van der Waals surface area contributed by atoms with E-state index in [9.17, 15) is 9.90 Å². The van der Waals surface area contributed by atoms with E-state index < -0.39 is 5.97 Å². The number of ether oxygens (including phenoxy) is 3. The van der Waals surface area contributed by atoms with Crippen LogP contribution in [0.5, 0.6) is 11.5 Å². The quantitative estimate of drug-likeness (QED) is 0.770. The first kappa shape index (κ1) is 18.2. The van der Waals surface area contributed by atoms with E-state index in [1.54, 1.807) is 12.1 Å². The van der Waals surface area contributed by atoms with Crippen molar-refractivity contribution in [3.05, 3.63) is 69.8 Å². The normalized spacial score (nSPS) is 18.2. The maximum absolute atomic E-state index is 12.2. The number of esters is 1. The minimum Gasteiger partial charge on any atom is -0.506 e. The van der Waals surface area contributed by atoms with E-state index in [1.165, 1.54) is 18.9 Å². The van der Waals surface area contributed by atoms with Crippen molar-refractivity contribution >= 4 is 34.5 Å². The highest BCUT2D eigenvalue weighted by Crippen LogP contribution is 2.41. The van der Waals surface area contributed by atoms with Gasteiger partial charge >= 0.3 is 5.97 Å². The van der Waals surface area contributed by atoms with Crippen LogP contribution < -0.4 is 9.47 Å². The highest BCUT2D eigenvalue weighted by Gasteiger charge is 2.33. The van der Waals surface area contributed by atoms with E-state index >= 15 is 0 Å². The standard InChI is InChI=1S/C21H17NO5S/c1-12-3-6-14(7-4-12)22-20-18(21(24)25-2)19(23)17(28-20)10-13-5-8-15-16(9-13)27-11-26-15/h3-10,23H,11H2,1-2H3/b17-10+,22-20?. The Balaban J connectivity index is 1.72. The van der Waals surface area contributed by atoms with Crippen molar-refractivity contribution in [3.63, 3.8) is 0 Å². The van der Waals surface area contributed by atoms with Crippen LogP contribution in [0.3, 0.4) is 0 Å². The number of methoxy groups -OCH3 is 1. The molecule has 2 aromatic carbocycles. The van der Waals surface area contributed by atoms with Crippen LogP contribution in [0.1, 0.15) is 11.1 Å². The van der Waals surface area contributed by atoms with E-state index in [1.807, 2.05) is 43.3 Å².